The number of carbonyl (C=O) groups excluding carboxylic acids is 2. The zero-order chi connectivity index (χ0) is 26.5. The van der Waals surface area contributed by atoms with Crippen LogP contribution >= 0.6 is 15.9 Å². The van der Waals surface area contributed by atoms with Crippen molar-refractivity contribution < 1.29 is 23.8 Å². The van der Waals surface area contributed by atoms with Crippen LogP contribution in [-0.2, 0) is 5.41 Å². The van der Waals surface area contributed by atoms with Crippen LogP contribution in [0.5, 0.6) is 17.2 Å². The van der Waals surface area contributed by atoms with Gasteiger partial charge in [0.15, 0.2) is 5.78 Å². The van der Waals surface area contributed by atoms with Crippen LogP contribution in [0.2, 0.25) is 0 Å². The second-order valence-corrected chi connectivity index (χ2v) is 9.89. The van der Waals surface area contributed by atoms with Crippen LogP contribution in [0.25, 0.3) is 6.08 Å². The summed E-state index contributed by atoms with van der Waals surface area (Å²) in [5.41, 5.74) is 3.25. The minimum atomic E-state index is -0.242. The Bertz CT molecular complexity index is 1290. The van der Waals surface area contributed by atoms with E-state index in [0.29, 0.717) is 44.1 Å². The smallest absolute Gasteiger partial charge is 0.255 e. The van der Waals surface area contributed by atoms with E-state index in [1.54, 1.807) is 55.7 Å². The Morgan fingerprint density at radius 1 is 0.861 bits per heavy atom. The maximum absolute atomic E-state index is 12.9. The molecule has 0 aliphatic rings. The molecule has 0 fully saturated rings. The summed E-state index contributed by atoms with van der Waals surface area (Å²) < 4.78 is 16.9. The molecule has 0 bridgehead atoms. The molecule has 0 aromatic heterocycles. The summed E-state index contributed by atoms with van der Waals surface area (Å²) in [4.78, 5) is 25.7. The van der Waals surface area contributed by atoms with Crippen molar-refractivity contribution in [2.45, 2.75) is 26.2 Å². The zero-order valence-corrected chi connectivity index (χ0v) is 22.9. The van der Waals surface area contributed by atoms with Gasteiger partial charge in [-0.1, -0.05) is 45.0 Å². The van der Waals surface area contributed by atoms with Crippen molar-refractivity contribution in [3.8, 4) is 17.2 Å². The zero-order valence-electron chi connectivity index (χ0n) is 21.3. The van der Waals surface area contributed by atoms with Crippen LogP contribution in [-0.4, -0.2) is 33.0 Å². The lowest BCUT2D eigenvalue weighted by Gasteiger charge is -2.19. The van der Waals surface area contributed by atoms with Crippen molar-refractivity contribution in [2.24, 2.45) is 0 Å². The lowest BCUT2D eigenvalue weighted by Crippen LogP contribution is -2.14. The minimum absolute atomic E-state index is 0.00710. The number of allylic oxidation sites excluding steroid dienone is 1. The Labute approximate surface area is 220 Å². The molecule has 0 aliphatic heterocycles. The molecule has 0 saturated heterocycles. The van der Waals surface area contributed by atoms with Crippen molar-refractivity contribution in [3.63, 3.8) is 0 Å². The van der Waals surface area contributed by atoms with Gasteiger partial charge in [-0.3, -0.25) is 9.59 Å². The predicted molar refractivity (Wildman–Crippen MR) is 147 cm³/mol. The summed E-state index contributed by atoms with van der Waals surface area (Å²) in [5.74, 6) is 1.04. The number of nitrogens with one attached hydrogen (secondary N) is 1. The van der Waals surface area contributed by atoms with E-state index in [4.69, 9.17) is 14.2 Å². The van der Waals surface area contributed by atoms with Gasteiger partial charge in [0.1, 0.15) is 21.7 Å². The van der Waals surface area contributed by atoms with Gasteiger partial charge in [0, 0.05) is 22.9 Å². The second-order valence-electron chi connectivity index (χ2n) is 9.10. The lowest BCUT2D eigenvalue weighted by atomic mass is 9.87. The van der Waals surface area contributed by atoms with Crippen molar-refractivity contribution in [2.75, 3.05) is 26.6 Å². The summed E-state index contributed by atoms with van der Waals surface area (Å²) in [7, 11) is 4.61. The summed E-state index contributed by atoms with van der Waals surface area (Å²) in [5, 5.41) is 2.87. The Balaban J connectivity index is 1.80. The lowest BCUT2D eigenvalue weighted by molar-refractivity contribution is 0.102. The third-order valence-corrected chi connectivity index (χ3v) is 6.40. The fourth-order valence-corrected chi connectivity index (χ4v) is 4.26. The summed E-state index contributed by atoms with van der Waals surface area (Å²) in [6, 6.07) is 16.0. The molecule has 0 atom stereocenters. The van der Waals surface area contributed by atoms with Crippen LogP contribution in [0.3, 0.4) is 0 Å². The number of hydrogen-bond donors (Lipinski definition) is 1. The molecule has 3 aromatic carbocycles. The van der Waals surface area contributed by atoms with E-state index < -0.39 is 0 Å². The number of carbonyl (C=O) groups is 2. The highest BCUT2D eigenvalue weighted by Crippen LogP contribution is 2.43. The Hall–Kier alpha value is -3.58. The van der Waals surface area contributed by atoms with Gasteiger partial charge in [0.2, 0.25) is 0 Å². The number of methoxy groups -OCH3 is 3. The SMILES string of the molecule is COc1cc(OC)c(/C=C/C(=O)c2cccc(NC(=O)c3ccc(C(C)(C)C)cc3)c2)c(OC)c1Br. The average molecular weight is 552 g/mol. The number of anilines is 1. The van der Waals surface area contributed by atoms with E-state index in [9.17, 15) is 9.59 Å². The van der Waals surface area contributed by atoms with E-state index in [1.165, 1.54) is 20.3 Å². The first kappa shape index (κ1) is 27.0. The van der Waals surface area contributed by atoms with E-state index in [2.05, 4.69) is 42.0 Å². The Morgan fingerprint density at radius 3 is 2.11 bits per heavy atom. The first-order valence-corrected chi connectivity index (χ1v) is 12.1. The number of halogens is 1. The highest BCUT2D eigenvalue weighted by Gasteiger charge is 2.18. The summed E-state index contributed by atoms with van der Waals surface area (Å²) in [6.07, 6.45) is 3.07. The van der Waals surface area contributed by atoms with Gasteiger partial charge in [-0.2, -0.15) is 0 Å². The molecule has 0 unspecified atom stereocenters. The molecule has 0 heterocycles. The maximum Gasteiger partial charge on any atom is 0.255 e. The molecule has 36 heavy (non-hydrogen) atoms. The molecule has 0 saturated carbocycles. The van der Waals surface area contributed by atoms with Gasteiger partial charge >= 0.3 is 0 Å². The number of ether oxygens (including phenoxy) is 3. The number of hydrogen-bond acceptors (Lipinski definition) is 5. The van der Waals surface area contributed by atoms with Crippen LogP contribution in [0.4, 0.5) is 5.69 Å². The number of ketones is 1. The van der Waals surface area contributed by atoms with Gasteiger partial charge in [-0.25, -0.2) is 0 Å². The Kier molecular flexibility index (Phi) is 8.58. The quantitative estimate of drug-likeness (QED) is 0.243. The highest BCUT2D eigenvalue weighted by atomic mass is 79.9. The van der Waals surface area contributed by atoms with E-state index in [0.717, 1.165) is 5.56 Å². The molecule has 1 N–H and O–H groups in total. The average Bonchev–Trinajstić information content (AvgIpc) is 2.86. The molecule has 3 aromatic rings. The van der Waals surface area contributed by atoms with E-state index >= 15 is 0 Å². The van der Waals surface area contributed by atoms with Crippen LogP contribution in [0.1, 0.15) is 52.6 Å². The van der Waals surface area contributed by atoms with Gasteiger partial charge in [0.05, 0.1) is 26.9 Å². The van der Waals surface area contributed by atoms with Gasteiger partial charge in [0.25, 0.3) is 5.91 Å². The third-order valence-electron chi connectivity index (χ3n) is 5.65. The van der Waals surface area contributed by atoms with E-state index in [1.807, 2.05) is 12.1 Å². The largest absolute Gasteiger partial charge is 0.496 e. The molecule has 0 aliphatic carbocycles. The molecule has 3 rings (SSSR count). The van der Waals surface area contributed by atoms with Crippen LogP contribution in [0.15, 0.2) is 65.1 Å². The molecule has 0 radical (unpaired) electrons. The molecule has 6 nitrogen and oxygen atoms in total. The van der Waals surface area contributed by atoms with Gasteiger partial charge in [-0.05, 0) is 63.3 Å². The maximum atomic E-state index is 12.9. The summed E-state index contributed by atoms with van der Waals surface area (Å²) >= 11 is 3.47. The highest BCUT2D eigenvalue weighted by molar-refractivity contribution is 9.10. The molecule has 188 valence electrons. The van der Waals surface area contributed by atoms with Crippen molar-refractivity contribution in [1.29, 1.82) is 0 Å². The number of amides is 1. The number of benzene rings is 3. The predicted octanol–water partition coefficient (Wildman–Crippen LogP) is 6.92. The standard InChI is InChI=1S/C29H30BrNO5/c1-29(2,3)20-12-10-18(11-13-20)28(33)31-21-9-7-8-19(16-21)23(32)15-14-22-24(34-4)17-25(35-5)26(30)27(22)36-6/h7-17H,1-6H3,(H,31,33)/b15-14+. The monoisotopic (exact) mass is 551 g/mol. The normalized spacial score (nSPS) is 11.3. The van der Waals surface area contributed by atoms with Crippen molar-refractivity contribution in [3.05, 3.63) is 87.4 Å². The molecular weight excluding hydrogens is 522 g/mol. The fraction of sp³-hybridized carbons (Fsp3) is 0.241. The molecule has 0 spiro atoms. The van der Waals surface area contributed by atoms with E-state index in [-0.39, 0.29) is 17.1 Å². The Morgan fingerprint density at radius 2 is 1.53 bits per heavy atom. The minimum Gasteiger partial charge on any atom is -0.496 e. The number of rotatable bonds is 8. The first-order valence-electron chi connectivity index (χ1n) is 11.3. The first-order chi connectivity index (χ1) is 17.1. The summed E-state index contributed by atoms with van der Waals surface area (Å²) in [6.45, 7) is 6.37. The second kappa shape index (κ2) is 11.4. The van der Waals surface area contributed by atoms with Crippen molar-refractivity contribution in [1.82, 2.24) is 0 Å². The van der Waals surface area contributed by atoms with Crippen LogP contribution < -0.4 is 19.5 Å². The van der Waals surface area contributed by atoms with Crippen LogP contribution in [0, 0.1) is 0 Å². The molecule has 7 heteroatoms. The van der Waals surface area contributed by atoms with Gasteiger partial charge in [-0.15, -0.1) is 0 Å². The third kappa shape index (κ3) is 6.15. The molecule has 1 amide bonds. The topological polar surface area (TPSA) is 73.9 Å². The molecular formula is C29H30BrNO5. The fourth-order valence-electron chi connectivity index (χ4n) is 3.61. The van der Waals surface area contributed by atoms with Crippen molar-refractivity contribution >= 4 is 39.4 Å². The van der Waals surface area contributed by atoms with Gasteiger partial charge < -0.3 is 19.5 Å².